The minimum atomic E-state index is -2.78. The number of hydrogen-bond donors (Lipinski definition) is 0. The van der Waals surface area contributed by atoms with Crippen molar-refractivity contribution in [3.8, 4) is 0 Å². The number of allylic oxidation sites excluding steroid dienone is 4. The fourth-order valence-corrected chi connectivity index (χ4v) is 3.22. The lowest BCUT2D eigenvalue weighted by molar-refractivity contribution is 0.0633. The number of ether oxygens (including phenoxy) is 1. The largest absolute Gasteiger partial charge is 0.422 e. The van der Waals surface area contributed by atoms with Crippen LogP contribution in [-0.2, 0) is 4.74 Å². The van der Waals surface area contributed by atoms with Crippen LogP contribution in [0.15, 0.2) is 84.2 Å². The van der Waals surface area contributed by atoms with Gasteiger partial charge in [0, 0.05) is 6.08 Å². The van der Waals surface area contributed by atoms with Gasteiger partial charge in [0.05, 0.1) is 16.6 Å². The molecule has 3 aromatic rings. The van der Waals surface area contributed by atoms with Crippen LogP contribution in [0.5, 0.6) is 0 Å². The molecule has 0 unspecified atom stereocenters. The summed E-state index contributed by atoms with van der Waals surface area (Å²) >= 11 is 0. The predicted octanol–water partition coefficient (Wildman–Crippen LogP) is 5.91. The summed E-state index contributed by atoms with van der Waals surface area (Å²) in [6.45, 7) is -2.78. The molecule has 29 heavy (non-hydrogen) atoms. The van der Waals surface area contributed by atoms with Crippen molar-refractivity contribution in [2.75, 3.05) is 0 Å². The molecule has 6 heteroatoms. The summed E-state index contributed by atoms with van der Waals surface area (Å²) in [5.74, 6) is -0.292. The Labute approximate surface area is 166 Å². The van der Waals surface area contributed by atoms with Gasteiger partial charge in [0.1, 0.15) is 11.6 Å². The van der Waals surface area contributed by atoms with Crippen LogP contribution in [0.25, 0.3) is 17.1 Å². The van der Waals surface area contributed by atoms with Crippen LogP contribution in [-0.4, -0.2) is 15.5 Å². The summed E-state index contributed by atoms with van der Waals surface area (Å²) in [4.78, 5) is 16.9. The van der Waals surface area contributed by atoms with E-state index in [2.05, 4.69) is 4.98 Å². The summed E-state index contributed by atoms with van der Waals surface area (Å²) in [5, 5.41) is 0. The van der Waals surface area contributed by atoms with E-state index in [1.54, 1.807) is 54.6 Å². The third-order valence-electron chi connectivity index (χ3n) is 4.62. The van der Waals surface area contributed by atoms with Gasteiger partial charge in [0.2, 0.25) is 0 Å². The Morgan fingerprint density at radius 1 is 1.10 bits per heavy atom. The van der Waals surface area contributed by atoms with Crippen molar-refractivity contribution in [2.45, 2.75) is 19.4 Å². The van der Waals surface area contributed by atoms with E-state index in [0.717, 1.165) is 16.6 Å². The zero-order valence-electron chi connectivity index (χ0n) is 15.5. The van der Waals surface area contributed by atoms with E-state index in [9.17, 15) is 13.6 Å². The molecule has 0 atom stereocenters. The molecular weight excluding hydrogens is 374 g/mol. The number of esters is 1. The first-order chi connectivity index (χ1) is 14.1. The first-order valence-corrected chi connectivity index (χ1v) is 9.23. The molecule has 146 valence electrons. The molecule has 0 aliphatic heterocycles. The molecule has 1 aliphatic carbocycles. The Kier molecular flexibility index (Phi) is 5.33. The second-order valence-corrected chi connectivity index (χ2v) is 6.53. The molecular formula is C23H18F2N2O2. The Bertz CT molecular complexity index is 1130. The smallest absolute Gasteiger partial charge is 0.343 e. The topological polar surface area (TPSA) is 44.1 Å². The second kappa shape index (κ2) is 8.22. The average molecular weight is 392 g/mol. The van der Waals surface area contributed by atoms with Crippen molar-refractivity contribution in [2.24, 2.45) is 0 Å². The molecule has 1 aliphatic rings. The minimum absolute atomic E-state index is 0.0347. The van der Waals surface area contributed by atoms with Crippen molar-refractivity contribution < 1.29 is 18.3 Å². The molecule has 0 fully saturated rings. The van der Waals surface area contributed by atoms with E-state index in [0.29, 0.717) is 23.0 Å². The zero-order chi connectivity index (χ0) is 20.2. The molecule has 0 bridgehead atoms. The summed E-state index contributed by atoms with van der Waals surface area (Å²) in [7, 11) is 0. The van der Waals surface area contributed by atoms with Crippen LogP contribution in [0.2, 0.25) is 0 Å². The number of alkyl halides is 2. The number of benzene rings is 2. The zero-order valence-corrected chi connectivity index (χ0v) is 15.5. The fourth-order valence-electron chi connectivity index (χ4n) is 3.22. The van der Waals surface area contributed by atoms with Crippen molar-refractivity contribution in [3.05, 3.63) is 95.5 Å². The van der Waals surface area contributed by atoms with E-state index >= 15 is 0 Å². The van der Waals surface area contributed by atoms with Gasteiger partial charge in [-0.3, -0.25) is 4.57 Å². The Hall–Kier alpha value is -3.54. The number of carbonyl (C=O) groups excluding carboxylic acids is 1. The predicted molar refractivity (Wildman–Crippen MR) is 107 cm³/mol. The lowest BCUT2D eigenvalue weighted by Gasteiger charge is -2.14. The first-order valence-electron chi connectivity index (χ1n) is 9.23. The van der Waals surface area contributed by atoms with Gasteiger partial charge in [-0.15, -0.1) is 0 Å². The molecule has 0 radical (unpaired) electrons. The lowest BCUT2D eigenvalue weighted by atomic mass is 10.0. The van der Waals surface area contributed by atoms with Gasteiger partial charge in [-0.05, 0) is 42.7 Å². The lowest BCUT2D eigenvalue weighted by Crippen LogP contribution is -2.09. The summed E-state index contributed by atoms with van der Waals surface area (Å²) in [5.41, 5.74) is 1.91. The van der Waals surface area contributed by atoms with E-state index in [4.69, 9.17) is 4.74 Å². The number of carbonyl (C=O) groups is 1. The highest BCUT2D eigenvalue weighted by Gasteiger charge is 2.20. The highest BCUT2D eigenvalue weighted by Crippen LogP contribution is 2.28. The number of aromatic nitrogens is 2. The van der Waals surface area contributed by atoms with Gasteiger partial charge in [-0.2, -0.15) is 8.78 Å². The number of fused-ring (bicyclic) bond motifs is 1. The van der Waals surface area contributed by atoms with Crippen LogP contribution in [0.3, 0.4) is 0 Å². The van der Waals surface area contributed by atoms with E-state index in [1.807, 2.05) is 18.2 Å². The Morgan fingerprint density at radius 3 is 2.59 bits per heavy atom. The van der Waals surface area contributed by atoms with Crippen LogP contribution < -0.4 is 0 Å². The molecule has 0 spiro atoms. The molecule has 4 nitrogen and oxygen atoms in total. The maximum absolute atomic E-state index is 13.8. The molecule has 0 N–H and O–H groups in total. The van der Waals surface area contributed by atoms with Gasteiger partial charge < -0.3 is 4.74 Å². The average Bonchev–Trinajstić information content (AvgIpc) is 3.12. The minimum Gasteiger partial charge on any atom is -0.422 e. The van der Waals surface area contributed by atoms with Gasteiger partial charge in [-0.1, -0.05) is 48.6 Å². The number of para-hydroxylation sites is 2. The normalized spacial score (nSPS) is 14.3. The number of hydrogen-bond acceptors (Lipinski definition) is 3. The van der Waals surface area contributed by atoms with Crippen LogP contribution in [0.4, 0.5) is 8.78 Å². The van der Waals surface area contributed by atoms with Crippen molar-refractivity contribution in [3.63, 3.8) is 0 Å². The maximum atomic E-state index is 13.8. The molecule has 2 aromatic carbocycles. The molecule has 4 rings (SSSR count). The van der Waals surface area contributed by atoms with E-state index in [-0.39, 0.29) is 11.6 Å². The molecule has 0 saturated heterocycles. The molecule has 1 aromatic heterocycles. The van der Waals surface area contributed by atoms with Gasteiger partial charge >= 0.3 is 12.5 Å². The van der Waals surface area contributed by atoms with Crippen molar-refractivity contribution >= 4 is 23.1 Å². The van der Waals surface area contributed by atoms with Crippen LogP contribution >= 0.6 is 0 Å². The number of nitrogens with zero attached hydrogens (tertiary/aromatic N) is 2. The molecule has 1 heterocycles. The first kappa shape index (κ1) is 18.8. The van der Waals surface area contributed by atoms with Crippen molar-refractivity contribution in [1.29, 1.82) is 0 Å². The Morgan fingerprint density at radius 2 is 1.86 bits per heavy atom. The van der Waals surface area contributed by atoms with E-state index < -0.39 is 12.5 Å². The quantitative estimate of drug-likeness (QED) is 0.401. The van der Waals surface area contributed by atoms with Crippen molar-refractivity contribution in [1.82, 2.24) is 9.55 Å². The third-order valence-corrected chi connectivity index (χ3v) is 4.62. The van der Waals surface area contributed by atoms with Crippen LogP contribution in [0, 0.1) is 0 Å². The van der Waals surface area contributed by atoms with Gasteiger partial charge in [0.25, 0.3) is 0 Å². The highest BCUT2D eigenvalue weighted by atomic mass is 19.3. The Balaban J connectivity index is 1.79. The molecule has 0 saturated carbocycles. The van der Waals surface area contributed by atoms with E-state index in [1.165, 1.54) is 6.08 Å². The highest BCUT2D eigenvalue weighted by molar-refractivity contribution is 5.91. The van der Waals surface area contributed by atoms with Gasteiger partial charge in [0.15, 0.2) is 0 Å². The fraction of sp³-hybridized carbons (Fsp3) is 0.130. The summed E-state index contributed by atoms with van der Waals surface area (Å²) in [6.07, 6.45) is 8.51. The molecule has 0 amide bonds. The SMILES string of the molecule is O=C(O/C(=C\c1nc2ccccc2n1C(F)F)C1=CC=CCC1)c1ccccc1. The van der Waals surface area contributed by atoms with Crippen LogP contribution in [0.1, 0.15) is 35.6 Å². The summed E-state index contributed by atoms with van der Waals surface area (Å²) in [6, 6.07) is 15.2. The third kappa shape index (κ3) is 4.01. The maximum Gasteiger partial charge on any atom is 0.343 e. The monoisotopic (exact) mass is 392 g/mol. The summed E-state index contributed by atoms with van der Waals surface area (Å²) < 4.78 is 34.0. The number of rotatable bonds is 5. The standard InChI is InChI=1S/C23H18F2N2O2/c24-23(25)27-19-14-8-7-13-18(19)26-21(27)15-20(16-9-3-1-4-10-16)29-22(28)17-11-5-2-6-12-17/h1-3,5-9,11-15,23H,4,10H2/b20-15-. The second-order valence-electron chi connectivity index (χ2n) is 6.53. The van der Waals surface area contributed by atoms with Gasteiger partial charge in [-0.25, -0.2) is 9.78 Å². The number of imidazole rings is 1. The number of halogens is 2.